The highest BCUT2D eigenvalue weighted by Crippen LogP contribution is 2.16. The van der Waals surface area contributed by atoms with Gasteiger partial charge in [-0.15, -0.1) is 10.2 Å². The molecule has 1 aromatic heterocycles. The topological polar surface area (TPSA) is 66.9 Å². The number of hydrogen-bond acceptors (Lipinski definition) is 4. The first-order chi connectivity index (χ1) is 9.20. The van der Waals surface area contributed by atoms with E-state index in [0.717, 1.165) is 0 Å². The smallest absolute Gasteiger partial charge is 0.271 e. The Morgan fingerprint density at radius 1 is 1.11 bits per heavy atom. The maximum absolute atomic E-state index is 11.3. The molecule has 0 aliphatic rings. The number of carbonyl (C=O) groups excluding carboxylic acids is 1. The Bertz CT molecular complexity index is 539. The highest BCUT2D eigenvalue weighted by Gasteiger charge is 2.08. The van der Waals surface area contributed by atoms with Crippen LogP contribution in [0.1, 0.15) is 29.0 Å². The zero-order valence-electron chi connectivity index (χ0n) is 10.9. The third-order valence-electron chi connectivity index (χ3n) is 2.79. The van der Waals surface area contributed by atoms with Crippen LogP contribution in [0.15, 0.2) is 42.5 Å². The monoisotopic (exact) mass is 256 g/mol. The van der Waals surface area contributed by atoms with Gasteiger partial charge in [0.15, 0.2) is 5.69 Å². The molecular formula is C14H16N4O. The lowest BCUT2D eigenvalue weighted by Crippen LogP contribution is -2.20. The van der Waals surface area contributed by atoms with Gasteiger partial charge in [0, 0.05) is 13.1 Å². The summed E-state index contributed by atoms with van der Waals surface area (Å²) in [6, 6.07) is 13.6. The van der Waals surface area contributed by atoms with Gasteiger partial charge in [0.1, 0.15) is 5.82 Å². The van der Waals surface area contributed by atoms with E-state index in [2.05, 4.69) is 20.8 Å². The molecule has 0 bridgehead atoms. The summed E-state index contributed by atoms with van der Waals surface area (Å²) < 4.78 is 0. The zero-order chi connectivity index (χ0) is 13.7. The molecule has 1 amide bonds. The first kappa shape index (κ1) is 13.0. The minimum absolute atomic E-state index is 0.126. The zero-order valence-corrected chi connectivity index (χ0v) is 10.9. The SMILES string of the molecule is CNC(=O)c1ccc(NC(C)c2ccccc2)nn1. The second-order valence-electron chi connectivity index (χ2n) is 4.16. The molecule has 0 aliphatic carbocycles. The fraction of sp³-hybridized carbons (Fsp3) is 0.214. The Balaban J connectivity index is 2.06. The maximum atomic E-state index is 11.3. The molecule has 1 unspecified atom stereocenters. The van der Waals surface area contributed by atoms with Crippen LogP contribution < -0.4 is 10.6 Å². The summed E-state index contributed by atoms with van der Waals surface area (Å²) in [5.41, 5.74) is 1.47. The van der Waals surface area contributed by atoms with Gasteiger partial charge in [-0.2, -0.15) is 0 Å². The first-order valence-electron chi connectivity index (χ1n) is 6.08. The van der Waals surface area contributed by atoms with Crippen molar-refractivity contribution in [2.45, 2.75) is 13.0 Å². The predicted octanol–water partition coefficient (Wildman–Crippen LogP) is 2.01. The molecule has 5 heteroatoms. The molecule has 0 spiro atoms. The van der Waals surface area contributed by atoms with Gasteiger partial charge in [0.05, 0.1) is 0 Å². The van der Waals surface area contributed by atoms with Gasteiger partial charge in [-0.3, -0.25) is 4.79 Å². The lowest BCUT2D eigenvalue weighted by atomic mass is 10.1. The van der Waals surface area contributed by atoms with Crippen LogP contribution in [0, 0.1) is 0 Å². The molecule has 0 aliphatic heterocycles. The van der Waals surface area contributed by atoms with Gasteiger partial charge >= 0.3 is 0 Å². The average molecular weight is 256 g/mol. The molecule has 19 heavy (non-hydrogen) atoms. The highest BCUT2D eigenvalue weighted by atomic mass is 16.1. The Hall–Kier alpha value is -2.43. The van der Waals surface area contributed by atoms with Gasteiger partial charge in [0.2, 0.25) is 0 Å². The molecule has 0 fully saturated rings. The molecule has 2 aromatic rings. The van der Waals surface area contributed by atoms with Gasteiger partial charge in [0.25, 0.3) is 5.91 Å². The fourth-order valence-electron chi connectivity index (χ4n) is 1.71. The van der Waals surface area contributed by atoms with Gasteiger partial charge in [-0.05, 0) is 24.6 Å². The van der Waals surface area contributed by atoms with Crippen LogP contribution in [0.4, 0.5) is 5.82 Å². The summed E-state index contributed by atoms with van der Waals surface area (Å²) in [7, 11) is 1.56. The van der Waals surface area contributed by atoms with Crippen molar-refractivity contribution in [1.29, 1.82) is 0 Å². The van der Waals surface area contributed by atoms with E-state index in [1.165, 1.54) is 5.56 Å². The largest absolute Gasteiger partial charge is 0.362 e. The van der Waals surface area contributed by atoms with Gasteiger partial charge < -0.3 is 10.6 Å². The number of nitrogens with one attached hydrogen (secondary N) is 2. The number of anilines is 1. The van der Waals surface area contributed by atoms with Crippen LogP contribution in [0.5, 0.6) is 0 Å². The number of rotatable bonds is 4. The molecule has 1 atom stereocenters. The molecular weight excluding hydrogens is 240 g/mol. The van der Waals surface area contributed by atoms with E-state index in [1.54, 1.807) is 19.2 Å². The van der Waals surface area contributed by atoms with Gasteiger partial charge in [-0.1, -0.05) is 30.3 Å². The molecule has 98 valence electrons. The lowest BCUT2D eigenvalue weighted by molar-refractivity contribution is 0.0957. The molecule has 2 rings (SSSR count). The van der Waals surface area contributed by atoms with E-state index in [4.69, 9.17) is 0 Å². The van der Waals surface area contributed by atoms with Crippen molar-refractivity contribution in [2.75, 3.05) is 12.4 Å². The number of hydrogen-bond donors (Lipinski definition) is 2. The van der Waals surface area contributed by atoms with E-state index >= 15 is 0 Å². The van der Waals surface area contributed by atoms with E-state index < -0.39 is 0 Å². The number of amides is 1. The number of benzene rings is 1. The Morgan fingerprint density at radius 3 is 2.42 bits per heavy atom. The van der Waals surface area contributed by atoms with Crippen molar-refractivity contribution in [3.8, 4) is 0 Å². The van der Waals surface area contributed by atoms with Crippen molar-refractivity contribution in [3.63, 3.8) is 0 Å². The van der Waals surface area contributed by atoms with Gasteiger partial charge in [-0.25, -0.2) is 0 Å². The Kier molecular flexibility index (Phi) is 4.07. The summed E-state index contributed by atoms with van der Waals surface area (Å²) in [6.45, 7) is 2.05. The molecule has 1 heterocycles. The second-order valence-corrected chi connectivity index (χ2v) is 4.16. The van der Waals surface area contributed by atoms with Crippen LogP contribution in [0.3, 0.4) is 0 Å². The third kappa shape index (κ3) is 3.28. The van der Waals surface area contributed by atoms with Crippen LogP contribution in [0.25, 0.3) is 0 Å². The van der Waals surface area contributed by atoms with Crippen LogP contribution in [-0.2, 0) is 0 Å². The summed E-state index contributed by atoms with van der Waals surface area (Å²) in [5.74, 6) is 0.402. The molecule has 5 nitrogen and oxygen atoms in total. The van der Waals surface area contributed by atoms with Crippen LogP contribution >= 0.6 is 0 Å². The average Bonchev–Trinajstić information content (AvgIpc) is 2.48. The van der Waals surface area contributed by atoms with Crippen LogP contribution in [-0.4, -0.2) is 23.2 Å². The van der Waals surface area contributed by atoms with E-state index in [1.807, 2.05) is 37.3 Å². The minimum Gasteiger partial charge on any atom is -0.362 e. The summed E-state index contributed by atoms with van der Waals surface area (Å²) in [6.07, 6.45) is 0. The van der Waals surface area contributed by atoms with Crippen molar-refractivity contribution < 1.29 is 4.79 Å². The summed E-state index contributed by atoms with van der Waals surface area (Å²) in [4.78, 5) is 11.3. The van der Waals surface area contributed by atoms with E-state index in [-0.39, 0.29) is 11.9 Å². The molecule has 2 N–H and O–H groups in total. The molecule has 0 saturated carbocycles. The number of carbonyl (C=O) groups is 1. The Morgan fingerprint density at radius 2 is 1.84 bits per heavy atom. The summed E-state index contributed by atoms with van der Waals surface area (Å²) in [5, 5.41) is 13.6. The third-order valence-corrected chi connectivity index (χ3v) is 2.79. The standard InChI is InChI=1S/C14H16N4O/c1-10(11-6-4-3-5-7-11)16-13-9-8-12(17-18-13)14(19)15-2/h3-10H,1-2H3,(H,15,19)(H,16,18). The lowest BCUT2D eigenvalue weighted by Gasteiger charge is -2.14. The highest BCUT2D eigenvalue weighted by molar-refractivity contribution is 5.91. The predicted molar refractivity (Wildman–Crippen MR) is 73.9 cm³/mol. The summed E-state index contributed by atoms with van der Waals surface area (Å²) >= 11 is 0. The molecule has 0 saturated heterocycles. The van der Waals surface area contributed by atoms with Crippen molar-refractivity contribution >= 4 is 11.7 Å². The van der Waals surface area contributed by atoms with Crippen molar-refractivity contribution in [2.24, 2.45) is 0 Å². The minimum atomic E-state index is -0.241. The molecule has 1 aromatic carbocycles. The maximum Gasteiger partial charge on any atom is 0.271 e. The second kappa shape index (κ2) is 5.95. The number of aromatic nitrogens is 2. The quantitative estimate of drug-likeness (QED) is 0.878. The Labute approximate surface area is 112 Å². The van der Waals surface area contributed by atoms with Crippen molar-refractivity contribution in [1.82, 2.24) is 15.5 Å². The first-order valence-corrected chi connectivity index (χ1v) is 6.08. The number of nitrogens with zero attached hydrogens (tertiary/aromatic N) is 2. The van der Waals surface area contributed by atoms with Crippen LogP contribution in [0.2, 0.25) is 0 Å². The van der Waals surface area contributed by atoms with E-state index in [9.17, 15) is 4.79 Å². The normalized spacial score (nSPS) is 11.7. The molecule has 0 radical (unpaired) electrons. The van der Waals surface area contributed by atoms with Crippen molar-refractivity contribution in [3.05, 3.63) is 53.7 Å². The fourth-order valence-corrected chi connectivity index (χ4v) is 1.71. The van der Waals surface area contributed by atoms with E-state index in [0.29, 0.717) is 11.5 Å².